The van der Waals surface area contributed by atoms with E-state index < -0.39 is 5.97 Å². The van der Waals surface area contributed by atoms with E-state index in [0.29, 0.717) is 11.8 Å². The molecule has 2 aromatic rings. The van der Waals surface area contributed by atoms with E-state index in [9.17, 15) is 4.79 Å². The number of hydrogen-bond acceptors (Lipinski definition) is 4. The van der Waals surface area contributed by atoms with Crippen molar-refractivity contribution < 1.29 is 14.6 Å². The van der Waals surface area contributed by atoms with Crippen molar-refractivity contribution in [3.8, 4) is 5.69 Å². The lowest BCUT2D eigenvalue weighted by Crippen LogP contribution is -2.04. The van der Waals surface area contributed by atoms with Gasteiger partial charge in [-0.1, -0.05) is 30.8 Å². The normalized spacial score (nSPS) is 10.8. The summed E-state index contributed by atoms with van der Waals surface area (Å²) in [4.78, 5) is 15.1. The minimum absolute atomic E-state index is 0.00205. The molecule has 6 heteroatoms. The predicted octanol–water partition coefficient (Wildman–Crippen LogP) is 2.76. The second-order valence-electron chi connectivity index (χ2n) is 4.51. The molecule has 0 aliphatic carbocycles. The number of nitrogens with zero attached hydrogens (tertiary/aromatic N) is 2. The highest BCUT2D eigenvalue weighted by Gasteiger charge is 2.13. The van der Waals surface area contributed by atoms with E-state index in [0.717, 1.165) is 23.4 Å². The number of carboxylic acid groups (broad SMARTS) is 1. The minimum atomic E-state index is -0.847. The van der Waals surface area contributed by atoms with Crippen molar-refractivity contribution in [3.63, 3.8) is 0 Å². The van der Waals surface area contributed by atoms with Gasteiger partial charge in [0.2, 0.25) is 0 Å². The van der Waals surface area contributed by atoms with Crippen LogP contribution in [0.3, 0.4) is 0 Å². The summed E-state index contributed by atoms with van der Waals surface area (Å²) >= 11 is 1.23. The van der Waals surface area contributed by atoms with Crippen LogP contribution in [-0.4, -0.2) is 33.5 Å². The van der Waals surface area contributed by atoms with E-state index in [4.69, 9.17) is 9.84 Å². The lowest BCUT2D eigenvalue weighted by Gasteiger charge is -2.12. The summed E-state index contributed by atoms with van der Waals surface area (Å²) in [6.07, 6.45) is 2.63. The molecule has 0 radical (unpaired) electrons. The van der Waals surface area contributed by atoms with E-state index in [1.54, 1.807) is 13.3 Å². The molecule has 0 fully saturated rings. The molecule has 1 heterocycles. The summed E-state index contributed by atoms with van der Waals surface area (Å²) in [5.41, 5.74) is 3.10. The summed E-state index contributed by atoms with van der Waals surface area (Å²) in [7, 11) is 1.66. The number of rotatable bonds is 7. The Balaban J connectivity index is 2.38. The van der Waals surface area contributed by atoms with Gasteiger partial charge in [-0.25, -0.2) is 4.98 Å². The summed E-state index contributed by atoms with van der Waals surface area (Å²) in [6, 6.07) is 7.99. The third kappa shape index (κ3) is 3.86. The fourth-order valence-electron chi connectivity index (χ4n) is 2.07. The Morgan fingerprint density at radius 1 is 1.48 bits per heavy atom. The number of carbonyl (C=O) groups is 1. The van der Waals surface area contributed by atoms with Crippen LogP contribution in [0, 0.1) is 0 Å². The van der Waals surface area contributed by atoms with Crippen LogP contribution in [0.2, 0.25) is 0 Å². The molecule has 1 aromatic carbocycles. The van der Waals surface area contributed by atoms with Crippen LogP contribution >= 0.6 is 11.8 Å². The minimum Gasteiger partial charge on any atom is -0.481 e. The first-order chi connectivity index (χ1) is 10.2. The monoisotopic (exact) mass is 306 g/mol. The van der Waals surface area contributed by atoms with Gasteiger partial charge in [-0.05, 0) is 24.1 Å². The summed E-state index contributed by atoms with van der Waals surface area (Å²) in [5.74, 6) is -0.849. The van der Waals surface area contributed by atoms with Crippen LogP contribution in [-0.2, 0) is 22.6 Å². The quantitative estimate of drug-likeness (QED) is 0.797. The van der Waals surface area contributed by atoms with E-state index >= 15 is 0 Å². The molecule has 21 heavy (non-hydrogen) atoms. The Morgan fingerprint density at radius 2 is 2.29 bits per heavy atom. The first kappa shape index (κ1) is 15.6. The smallest absolute Gasteiger partial charge is 0.313 e. The van der Waals surface area contributed by atoms with Gasteiger partial charge in [-0.2, -0.15) is 0 Å². The molecule has 112 valence electrons. The number of thioether (sulfide) groups is 1. The number of aryl methyl sites for hydroxylation is 1. The molecule has 0 saturated heterocycles. The molecular weight excluding hydrogens is 288 g/mol. The average Bonchev–Trinajstić information content (AvgIpc) is 2.88. The first-order valence-electron chi connectivity index (χ1n) is 6.65. The van der Waals surface area contributed by atoms with Gasteiger partial charge in [0.1, 0.15) is 0 Å². The zero-order valence-electron chi connectivity index (χ0n) is 12.1. The molecule has 1 aromatic heterocycles. The Labute approximate surface area is 128 Å². The maximum absolute atomic E-state index is 10.8. The highest BCUT2D eigenvalue weighted by atomic mass is 32.2. The van der Waals surface area contributed by atoms with Gasteiger partial charge in [0.05, 0.1) is 12.4 Å². The fourth-order valence-corrected chi connectivity index (χ4v) is 2.81. The molecule has 0 atom stereocenters. The van der Waals surface area contributed by atoms with Gasteiger partial charge < -0.3 is 9.84 Å². The van der Waals surface area contributed by atoms with Crippen molar-refractivity contribution in [2.24, 2.45) is 0 Å². The summed E-state index contributed by atoms with van der Waals surface area (Å²) in [5, 5.41) is 9.54. The zero-order chi connectivity index (χ0) is 15.2. The van der Waals surface area contributed by atoms with Crippen LogP contribution in [0.5, 0.6) is 0 Å². The van der Waals surface area contributed by atoms with Gasteiger partial charge in [-0.3, -0.25) is 9.36 Å². The summed E-state index contributed by atoms with van der Waals surface area (Å²) in [6.45, 7) is 2.60. The largest absolute Gasteiger partial charge is 0.481 e. The third-order valence-electron chi connectivity index (χ3n) is 2.97. The van der Waals surface area contributed by atoms with Crippen molar-refractivity contribution in [1.82, 2.24) is 9.55 Å². The molecule has 0 spiro atoms. The van der Waals surface area contributed by atoms with Gasteiger partial charge in [0.15, 0.2) is 5.16 Å². The van der Waals surface area contributed by atoms with Gasteiger partial charge in [-0.15, -0.1) is 0 Å². The number of imidazole rings is 1. The molecule has 5 nitrogen and oxygen atoms in total. The summed E-state index contributed by atoms with van der Waals surface area (Å²) < 4.78 is 7.16. The van der Waals surface area contributed by atoms with E-state index in [-0.39, 0.29) is 5.75 Å². The molecule has 2 rings (SSSR count). The zero-order valence-corrected chi connectivity index (χ0v) is 12.9. The van der Waals surface area contributed by atoms with Crippen molar-refractivity contribution >= 4 is 17.7 Å². The Kier molecular flexibility index (Phi) is 5.41. The van der Waals surface area contributed by atoms with Crippen molar-refractivity contribution in [3.05, 3.63) is 41.7 Å². The molecular formula is C15H18N2O3S. The topological polar surface area (TPSA) is 64.3 Å². The number of aliphatic carboxylic acids is 1. The Morgan fingerprint density at radius 3 is 2.95 bits per heavy atom. The van der Waals surface area contributed by atoms with Crippen molar-refractivity contribution in [2.75, 3.05) is 12.9 Å². The number of hydrogen-bond donors (Lipinski definition) is 1. The number of benzene rings is 1. The van der Waals surface area contributed by atoms with Crippen LogP contribution in [0.4, 0.5) is 0 Å². The van der Waals surface area contributed by atoms with Gasteiger partial charge in [0.25, 0.3) is 0 Å². The highest BCUT2D eigenvalue weighted by molar-refractivity contribution is 7.99. The highest BCUT2D eigenvalue weighted by Crippen LogP contribution is 2.24. The van der Waals surface area contributed by atoms with Gasteiger partial charge >= 0.3 is 5.97 Å². The molecule has 0 amide bonds. The SMILES string of the molecule is CCc1cnc(SCC(=O)O)n1-c1cccc(COC)c1. The molecule has 0 aliphatic rings. The average molecular weight is 306 g/mol. The maximum atomic E-state index is 10.8. The lowest BCUT2D eigenvalue weighted by molar-refractivity contribution is -0.133. The number of ether oxygens (including phenoxy) is 1. The number of carboxylic acids is 1. The lowest BCUT2D eigenvalue weighted by atomic mass is 10.2. The molecule has 0 bridgehead atoms. The van der Waals surface area contributed by atoms with Gasteiger partial charge in [0, 0.05) is 24.7 Å². The van der Waals surface area contributed by atoms with E-state index in [1.165, 1.54) is 11.8 Å². The van der Waals surface area contributed by atoms with E-state index in [1.807, 2.05) is 28.8 Å². The van der Waals surface area contributed by atoms with Crippen LogP contribution in [0.1, 0.15) is 18.2 Å². The predicted molar refractivity (Wildman–Crippen MR) is 82.0 cm³/mol. The standard InChI is InChI=1S/C15H18N2O3S/c1-3-12-8-16-15(21-10-14(18)19)17(12)13-6-4-5-11(7-13)9-20-2/h4-8H,3,9-10H2,1-2H3,(H,18,19). The van der Waals surface area contributed by atoms with Crippen molar-refractivity contribution in [2.45, 2.75) is 25.1 Å². The number of aromatic nitrogens is 2. The number of methoxy groups -OCH3 is 1. The fraction of sp³-hybridized carbons (Fsp3) is 0.333. The molecule has 0 saturated carbocycles. The van der Waals surface area contributed by atoms with Crippen molar-refractivity contribution in [1.29, 1.82) is 0 Å². The third-order valence-corrected chi connectivity index (χ3v) is 3.91. The molecule has 1 N–H and O–H groups in total. The molecule has 0 aliphatic heterocycles. The maximum Gasteiger partial charge on any atom is 0.313 e. The van der Waals surface area contributed by atoms with Crippen LogP contribution < -0.4 is 0 Å². The second kappa shape index (κ2) is 7.28. The van der Waals surface area contributed by atoms with Crippen LogP contribution in [0.25, 0.3) is 5.69 Å². The van der Waals surface area contributed by atoms with E-state index in [2.05, 4.69) is 11.9 Å². The molecule has 0 unspecified atom stereocenters. The Hall–Kier alpha value is -1.79. The van der Waals surface area contributed by atoms with Crippen LogP contribution in [0.15, 0.2) is 35.6 Å². The second-order valence-corrected chi connectivity index (χ2v) is 5.45. The first-order valence-corrected chi connectivity index (χ1v) is 7.63. The Bertz CT molecular complexity index is 625.